The molecule has 0 fully saturated rings. The number of imide groups is 1. The van der Waals surface area contributed by atoms with Crippen molar-refractivity contribution in [1.29, 1.82) is 0 Å². The molecule has 3 aromatic rings. The van der Waals surface area contributed by atoms with E-state index < -0.39 is 0 Å². The third kappa shape index (κ3) is 2.59. The van der Waals surface area contributed by atoms with E-state index >= 15 is 0 Å². The molecular formula is C19H14BrN3O2. The fraction of sp³-hybridized carbons (Fsp3) is 0.105. The normalized spacial score (nSPS) is 13.4. The third-order valence-electron chi connectivity index (χ3n) is 4.27. The molecule has 2 aromatic carbocycles. The number of rotatable bonds is 3. The second kappa shape index (κ2) is 5.97. The highest BCUT2D eigenvalue weighted by Gasteiger charge is 2.37. The Labute approximate surface area is 153 Å². The number of carbonyl (C=O) groups excluding carboxylic acids is 2. The highest BCUT2D eigenvalue weighted by atomic mass is 79.9. The zero-order chi connectivity index (χ0) is 17.6. The maximum Gasteiger partial charge on any atom is 0.267 e. The summed E-state index contributed by atoms with van der Waals surface area (Å²) in [6, 6.07) is 16.5. The van der Waals surface area contributed by atoms with Gasteiger partial charge in [-0.05, 0) is 30.7 Å². The highest BCUT2D eigenvalue weighted by molar-refractivity contribution is 9.10. The van der Waals surface area contributed by atoms with Gasteiger partial charge in [-0.25, -0.2) is 4.90 Å². The van der Waals surface area contributed by atoms with Crippen molar-refractivity contribution < 1.29 is 9.59 Å². The SMILES string of the molecule is Cc1cc(N2C(=O)c3ccccc3C2=O)nn1Cc1ccccc1Br. The van der Waals surface area contributed by atoms with E-state index in [1.54, 1.807) is 35.0 Å². The molecule has 0 unspecified atom stereocenters. The van der Waals surface area contributed by atoms with Crippen LogP contribution in [0.2, 0.25) is 0 Å². The Balaban J connectivity index is 1.69. The lowest BCUT2D eigenvalue weighted by Gasteiger charge is -2.10. The Morgan fingerprint density at radius 3 is 2.20 bits per heavy atom. The van der Waals surface area contributed by atoms with E-state index in [1.807, 2.05) is 31.2 Å². The molecule has 25 heavy (non-hydrogen) atoms. The van der Waals surface area contributed by atoms with Gasteiger partial charge < -0.3 is 0 Å². The number of hydrogen-bond acceptors (Lipinski definition) is 3. The number of nitrogens with zero attached hydrogens (tertiary/aromatic N) is 3. The minimum atomic E-state index is -0.328. The molecule has 0 spiro atoms. The first kappa shape index (κ1) is 15.8. The molecule has 6 heteroatoms. The summed E-state index contributed by atoms with van der Waals surface area (Å²) < 4.78 is 2.78. The minimum Gasteiger partial charge on any atom is -0.268 e. The van der Waals surface area contributed by atoms with E-state index in [0.717, 1.165) is 20.6 Å². The van der Waals surface area contributed by atoms with Crippen LogP contribution in [-0.2, 0) is 6.54 Å². The molecule has 0 aliphatic carbocycles. The standard InChI is InChI=1S/C19H14BrN3O2/c1-12-10-17(21-22(12)11-13-6-2-5-9-16(13)20)23-18(24)14-7-3-4-8-15(14)19(23)25/h2-10H,11H2,1H3. The molecule has 2 amide bonds. The van der Waals surface area contributed by atoms with Crippen LogP contribution < -0.4 is 4.90 Å². The van der Waals surface area contributed by atoms with Gasteiger partial charge in [0.05, 0.1) is 17.7 Å². The number of carbonyl (C=O) groups is 2. The Bertz CT molecular complexity index is 974. The van der Waals surface area contributed by atoms with Crippen LogP contribution in [0.15, 0.2) is 59.1 Å². The predicted octanol–water partition coefficient (Wildman–Crippen LogP) is 3.80. The number of fused-ring (bicyclic) bond motifs is 1. The van der Waals surface area contributed by atoms with Crippen molar-refractivity contribution in [3.63, 3.8) is 0 Å². The lowest BCUT2D eigenvalue weighted by atomic mass is 10.1. The van der Waals surface area contributed by atoms with E-state index in [4.69, 9.17) is 0 Å². The summed E-state index contributed by atoms with van der Waals surface area (Å²) in [7, 11) is 0. The van der Waals surface area contributed by atoms with Gasteiger partial charge in [-0.3, -0.25) is 14.3 Å². The number of anilines is 1. The van der Waals surface area contributed by atoms with E-state index in [2.05, 4.69) is 21.0 Å². The monoisotopic (exact) mass is 395 g/mol. The Morgan fingerprint density at radius 1 is 0.960 bits per heavy atom. The lowest BCUT2D eigenvalue weighted by Crippen LogP contribution is -2.29. The molecule has 0 radical (unpaired) electrons. The van der Waals surface area contributed by atoms with Crippen LogP contribution in [0.4, 0.5) is 5.82 Å². The highest BCUT2D eigenvalue weighted by Crippen LogP contribution is 2.28. The average Bonchev–Trinajstić information content (AvgIpc) is 3.08. The summed E-state index contributed by atoms with van der Waals surface area (Å²) in [6.07, 6.45) is 0. The van der Waals surface area contributed by atoms with E-state index in [1.165, 1.54) is 0 Å². The molecule has 0 bridgehead atoms. The lowest BCUT2D eigenvalue weighted by molar-refractivity contribution is 0.0925. The van der Waals surface area contributed by atoms with Gasteiger partial charge in [0.15, 0.2) is 5.82 Å². The Kier molecular flexibility index (Phi) is 3.77. The van der Waals surface area contributed by atoms with Crippen LogP contribution in [-0.4, -0.2) is 21.6 Å². The van der Waals surface area contributed by atoms with Gasteiger partial charge >= 0.3 is 0 Å². The van der Waals surface area contributed by atoms with Gasteiger partial charge in [0.2, 0.25) is 0 Å². The van der Waals surface area contributed by atoms with Crippen LogP contribution in [0.3, 0.4) is 0 Å². The van der Waals surface area contributed by atoms with Crippen LogP contribution in [0.5, 0.6) is 0 Å². The first-order valence-corrected chi connectivity index (χ1v) is 8.61. The van der Waals surface area contributed by atoms with Crippen LogP contribution >= 0.6 is 15.9 Å². The summed E-state index contributed by atoms with van der Waals surface area (Å²) in [5.41, 5.74) is 2.79. The number of aromatic nitrogens is 2. The molecule has 5 nitrogen and oxygen atoms in total. The topological polar surface area (TPSA) is 55.2 Å². The Morgan fingerprint density at radius 2 is 1.56 bits per heavy atom. The molecule has 1 aliphatic rings. The fourth-order valence-electron chi connectivity index (χ4n) is 2.95. The number of aryl methyl sites for hydroxylation is 1. The number of halogens is 1. The maximum absolute atomic E-state index is 12.6. The quantitative estimate of drug-likeness (QED) is 0.633. The smallest absolute Gasteiger partial charge is 0.267 e. The predicted molar refractivity (Wildman–Crippen MR) is 97.8 cm³/mol. The van der Waals surface area contributed by atoms with Crippen LogP contribution in [0, 0.1) is 6.92 Å². The van der Waals surface area contributed by atoms with Crippen LogP contribution in [0.1, 0.15) is 32.0 Å². The average molecular weight is 396 g/mol. The molecular weight excluding hydrogens is 382 g/mol. The van der Waals surface area contributed by atoms with Crippen molar-refractivity contribution >= 4 is 33.6 Å². The minimum absolute atomic E-state index is 0.328. The van der Waals surface area contributed by atoms with E-state index in [-0.39, 0.29) is 11.8 Å². The molecule has 0 saturated heterocycles. The summed E-state index contributed by atoms with van der Waals surface area (Å²) in [4.78, 5) is 26.3. The summed E-state index contributed by atoms with van der Waals surface area (Å²) in [5, 5.41) is 4.49. The number of benzene rings is 2. The largest absolute Gasteiger partial charge is 0.268 e. The van der Waals surface area contributed by atoms with E-state index in [0.29, 0.717) is 23.5 Å². The molecule has 0 N–H and O–H groups in total. The second-order valence-corrected chi connectivity index (χ2v) is 6.74. The fourth-order valence-corrected chi connectivity index (χ4v) is 3.36. The van der Waals surface area contributed by atoms with Gasteiger partial charge in [0.1, 0.15) is 0 Å². The number of amides is 2. The number of hydrogen-bond donors (Lipinski definition) is 0. The van der Waals surface area contributed by atoms with Crippen molar-refractivity contribution in [1.82, 2.24) is 9.78 Å². The third-order valence-corrected chi connectivity index (χ3v) is 5.04. The van der Waals surface area contributed by atoms with Gasteiger partial charge in [-0.2, -0.15) is 5.10 Å². The van der Waals surface area contributed by atoms with Crippen LogP contribution in [0.25, 0.3) is 0 Å². The van der Waals surface area contributed by atoms with Gasteiger partial charge in [0, 0.05) is 16.2 Å². The summed E-state index contributed by atoms with van der Waals surface area (Å²) in [5.74, 6) is -0.298. The van der Waals surface area contributed by atoms with Gasteiger partial charge in [-0.15, -0.1) is 0 Å². The van der Waals surface area contributed by atoms with Crippen molar-refractivity contribution in [3.8, 4) is 0 Å². The van der Waals surface area contributed by atoms with E-state index in [9.17, 15) is 9.59 Å². The molecule has 1 aromatic heterocycles. The Hall–Kier alpha value is -2.73. The molecule has 2 heterocycles. The first-order valence-electron chi connectivity index (χ1n) is 7.82. The van der Waals surface area contributed by atoms with Crippen molar-refractivity contribution in [3.05, 3.63) is 81.5 Å². The summed E-state index contributed by atoms with van der Waals surface area (Å²) in [6.45, 7) is 2.46. The second-order valence-electron chi connectivity index (χ2n) is 5.88. The molecule has 1 aliphatic heterocycles. The zero-order valence-electron chi connectivity index (χ0n) is 13.4. The summed E-state index contributed by atoms with van der Waals surface area (Å²) >= 11 is 3.53. The first-order chi connectivity index (χ1) is 12.1. The maximum atomic E-state index is 12.6. The molecule has 4 rings (SSSR count). The molecule has 0 saturated carbocycles. The van der Waals surface area contributed by atoms with Gasteiger partial charge in [-0.1, -0.05) is 46.3 Å². The zero-order valence-corrected chi connectivity index (χ0v) is 15.0. The van der Waals surface area contributed by atoms with Crippen molar-refractivity contribution in [2.75, 3.05) is 4.90 Å². The van der Waals surface area contributed by atoms with Gasteiger partial charge in [0.25, 0.3) is 11.8 Å². The van der Waals surface area contributed by atoms with Crippen molar-refractivity contribution in [2.45, 2.75) is 13.5 Å². The molecule has 124 valence electrons. The van der Waals surface area contributed by atoms with Crippen molar-refractivity contribution in [2.24, 2.45) is 0 Å². The molecule has 0 atom stereocenters.